The van der Waals surface area contributed by atoms with Crippen molar-refractivity contribution in [1.29, 1.82) is 0 Å². The summed E-state index contributed by atoms with van der Waals surface area (Å²) in [5.41, 5.74) is 5.40. The van der Waals surface area contributed by atoms with Gasteiger partial charge in [-0.1, -0.05) is 11.6 Å². The highest BCUT2D eigenvalue weighted by molar-refractivity contribution is 7.92. The molecule has 0 aliphatic rings. The molecule has 0 aliphatic heterocycles. The Labute approximate surface area is 108 Å². The number of halogens is 1. The molecule has 0 saturated heterocycles. The summed E-state index contributed by atoms with van der Waals surface area (Å²) in [5, 5.41) is 7.23. The number of hydrogen-bond donors (Lipinski definition) is 2. The summed E-state index contributed by atoms with van der Waals surface area (Å²) in [5.74, 6) is 0.167. The van der Waals surface area contributed by atoms with E-state index in [4.69, 9.17) is 17.3 Å². The van der Waals surface area contributed by atoms with Gasteiger partial charge in [0.2, 0.25) is 0 Å². The van der Waals surface area contributed by atoms with Gasteiger partial charge < -0.3 is 5.73 Å². The van der Waals surface area contributed by atoms with E-state index in [2.05, 4.69) is 19.9 Å². The van der Waals surface area contributed by atoms with Gasteiger partial charge >= 0.3 is 0 Å². The van der Waals surface area contributed by atoms with Gasteiger partial charge in [-0.15, -0.1) is 5.10 Å². The molecular weight excluding hydrogens is 278 g/mol. The summed E-state index contributed by atoms with van der Waals surface area (Å²) < 4.78 is 26.1. The smallest absolute Gasteiger partial charge is 0.264 e. The van der Waals surface area contributed by atoms with Crippen molar-refractivity contribution in [3.63, 3.8) is 0 Å². The van der Waals surface area contributed by atoms with Gasteiger partial charge in [-0.25, -0.2) is 13.4 Å². The molecule has 2 rings (SSSR count). The van der Waals surface area contributed by atoms with E-state index in [-0.39, 0.29) is 21.6 Å². The van der Waals surface area contributed by atoms with Crippen LogP contribution in [0.1, 0.15) is 0 Å². The van der Waals surface area contributed by atoms with E-state index in [1.54, 1.807) is 6.07 Å². The predicted octanol–water partition coefficient (Wildman–Crippen LogP) is 0.908. The maximum Gasteiger partial charge on any atom is 0.264 e. The van der Waals surface area contributed by atoms with Gasteiger partial charge in [0.05, 0.1) is 5.02 Å². The second kappa shape index (κ2) is 4.75. The third-order valence-electron chi connectivity index (χ3n) is 1.97. The van der Waals surface area contributed by atoms with Crippen LogP contribution in [0.15, 0.2) is 35.5 Å². The van der Waals surface area contributed by atoms with Gasteiger partial charge in [-0.2, -0.15) is 5.10 Å². The van der Waals surface area contributed by atoms with Crippen LogP contribution in [0.3, 0.4) is 0 Å². The van der Waals surface area contributed by atoms with Crippen molar-refractivity contribution >= 4 is 33.3 Å². The Bertz CT molecular complexity index is 662. The second-order valence-electron chi connectivity index (χ2n) is 3.25. The van der Waals surface area contributed by atoms with Crippen molar-refractivity contribution in [2.45, 2.75) is 4.90 Å². The van der Waals surface area contributed by atoms with E-state index < -0.39 is 10.0 Å². The van der Waals surface area contributed by atoms with Crippen LogP contribution in [0.4, 0.5) is 11.6 Å². The quantitative estimate of drug-likeness (QED) is 0.867. The lowest BCUT2D eigenvalue weighted by Gasteiger charge is -2.06. The zero-order valence-corrected chi connectivity index (χ0v) is 10.5. The van der Waals surface area contributed by atoms with E-state index in [1.165, 1.54) is 18.3 Å². The molecule has 0 fully saturated rings. The number of hydrogen-bond acceptors (Lipinski definition) is 6. The molecule has 0 bridgehead atoms. The average Bonchev–Trinajstić information content (AvgIpc) is 2.33. The molecule has 2 aromatic rings. The first-order valence-corrected chi connectivity index (χ1v) is 6.57. The van der Waals surface area contributed by atoms with E-state index >= 15 is 0 Å². The summed E-state index contributed by atoms with van der Waals surface area (Å²) in [4.78, 5) is 3.57. The molecule has 0 spiro atoms. The molecule has 3 N–H and O–H groups in total. The summed E-state index contributed by atoms with van der Waals surface area (Å²) >= 11 is 5.72. The molecule has 94 valence electrons. The van der Waals surface area contributed by atoms with Gasteiger partial charge in [0, 0.05) is 12.4 Å². The number of sulfonamides is 1. The summed E-state index contributed by atoms with van der Waals surface area (Å²) in [7, 11) is -3.81. The van der Waals surface area contributed by atoms with E-state index in [0.717, 1.165) is 6.20 Å². The Morgan fingerprint density at radius 1 is 1.39 bits per heavy atom. The van der Waals surface area contributed by atoms with Crippen LogP contribution in [0.25, 0.3) is 0 Å². The largest absolute Gasteiger partial charge is 0.382 e. The second-order valence-corrected chi connectivity index (χ2v) is 5.34. The molecule has 7 nitrogen and oxygen atoms in total. The van der Waals surface area contributed by atoms with Gasteiger partial charge in [-0.3, -0.25) is 4.72 Å². The number of aromatic nitrogens is 3. The van der Waals surface area contributed by atoms with Crippen molar-refractivity contribution in [1.82, 2.24) is 15.2 Å². The molecule has 0 atom stereocenters. The lowest BCUT2D eigenvalue weighted by Crippen LogP contribution is -2.14. The SMILES string of the molecule is Nc1ncc(S(=O)(=O)Nc2cccnn2)cc1Cl. The highest BCUT2D eigenvalue weighted by Gasteiger charge is 2.16. The molecule has 18 heavy (non-hydrogen) atoms. The topological polar surface area (TPSA) is 111 Å². The first-order chi connectivity index (χ1) is 8.49. The monoisotopic (exact) mass is 285 g/mol. The maximum atomic E-state index is 11.9. The lowest BCUT2D eigenvalue weighted by molar-refractivity contribution is 0.600. The normalized spacial score (nSPS) is 11.2. The molecule has 0 radical (unpaired) electrons. The van der Waals surface area contributed by atoms with Crippen LogP contribution >= 0.6 is 11.6 Å². The molecule has 0 unspecified atom stereocenters. The van der Waals surface area contributed by atoms with Crippen molar-refractivity contribution in [3.8, 4) is 0 Å². The fourth-order valence-corrected chi connectivity index (χ4v) is 2.33. The maximum absolute atomic E-state index is 11.9. The summed E-state index contributed by atoms with van der Waals surface area (Å²) in [6, 6.07) is 4.23. The highest BCUT2D eigenvalue weighted by atomic mass is 35.5. The Morgan fingerprint density at radius 3 is 2.78 bits per heavy atom. The first kappa shape index (κ1) is 12.5. The number of anilines is 2. The Balaban J connectivity index is 2.34. The zero-order valence-electron chi connectivity index (χ0n) is 8.91. The molecule has 0 aromatic carbocycles. The predicted molar refractivity (Wildman–Crippen MR) is 66.5 cm³/mol. The van der Waals surface area contributed by atoms with E-state index in [9.17, 15) is 8.42 Å². The van der Waals surface area contributed by atoms with Crippen LogP contribution in [-0.2, 0) is 10.0 Å². The minimum Gasteiger partial charge on any atom is -0.382 e. The van der Waals surface area contributed by atoms with E-state index in [1.807, 2.05) is 0 Å². The van der Waals surface area contributed by atoms with Crippen LogP contribution in [0.2, 0.25) is 5.02 Å². The number of nitrogens with one attached hydrogen (secondary N) is 1. The Hall–Kier alpha value is -1.93. The molecule has 2 aromatic heterocycles. The van der Waals surface area contributed by atoms with Crippen LogP contribution < -0.4 is 10.5 Å². The Kier molecular flexibility index (Phi) is 3.30. The van der Waals surface area contributed by atoms with Gasteiger partial charge in [0.1, 0.15) is 10.7 Å². The highest BCUT2D eigenvalue weighted by Crippen LogP contribution is 2.21. The zero-order chi connectivity index (χ0) is 13.2. The fraction of sp³-hybridized carbons (Fsp3) is 0. The number of nitrogen functional groups attached to an aromatic ring is 1. The minimum atomic E-state index is -3.81. The molecule has 0 saturated carbocycles. The van der Waals surface area contributed by atoms with Crippen molar-refractivity contribution < 1.29 is 8.42 Å². The van der Waals surface area contributed by atoms with E-state index in [0.29, 0.717) is 0 Å². The Morgan fingerprint density at radius 2 is 2.17 bits per heavy atom. The average molecular weight is 286 g/mol. The van der Waals surface area contributed by atoms with Crippen molar-refractivity contribution in [2.75, 3.05) is 10.5 Å². The number of rotatable bonds is 3. The standard InChI is InChI=1S/C9H8ClN5O2S/c10-7-4-6(5-12-9(7)11)18(16,17)15-8-2-1-3-13-14-8/h1-5H,(H2,11,12)(H,14,15). The summed E-state index contributed by atoms with van der Waals surface area (Å²) in [6.07, 6.45) is 2.54. The van der Waals surface area contributed by atoms with Crippen molar-refractivity contribution in [2.24, 2.45) is 0 Å². The van der Waals surface area contributed by atoms with Crippen molar-refractivity contribution in [3.05, 3.63) is 35.6 Å². The van der Waals surface area contributed by atoms with Gasteiger partial charge in [-0.05, 0) is 18.2 Å². The van der Waals surface area contributed by atoms with Crippen LogP contribution in [0.5, 0.6) is 0 Å². The molecular formula is C9H8ClN5O2S. The number of nitrogens with zero attached hydrogens (tertiary/aromatic N) is 3. The third-order valence-corrected chi connectivity index (χ3v) is 3.59. The molecule has 0 amide bonds. The number of nitrogens with two attached hydrogens (primary N) is 1. The first-order valence-electron chi connectivity index (χ1n) is 4.70. The molecule has 0 aliphatic carbocycles. The minimum absolute atomic E-state index is 0.0649. The fourth-order valence-electron chi connectivity index (χ4n) is 1.13. The third kappa shape index (κ3) is 2.66. The van der Waals surface area contributed by atoms with Gasteiger partial charge in [0.15, 0.2) is 5.82 Å². The van der Waals surface area contributed by atoms with Gasteiger partial charge in [0.25, 0.3) is 10.0 Å². The molecule has 2 heterocycles. The summed E-state index contributed by atoms with van der Waals surface area (Å²) in [6.45, 7) is 0. The number of pyridine rings is 1. The lowest BCUT2D eigenvalue weighted by atomic mass is 10.5. The molecule has 9 heteroatoms. The van der Waals surface area contributed by atoms with Crippen LogP contribution in [-0.4, -0.2) is 23.6 Å². The van der Waals surface area contributed by atoms with Crippen LogP contribution in [0, 0.1) is 0 Å².